The normalized spacial score (nSPS) is 26.4. The van der Waals surface area contributed by atoms with Crippen LogP contribution in [0.5, 0.6) is 11.5 Å². The fraction of sp³-hybridized carbons (Fsp3) is 0.519. The number of halogens is 2. The molecule has 1 aromatic rings. The number of phenols is 1. The van der Waals surface area contributed by atoms with E-state index < -0.39 is 76.8 Å². The summed E-state index contributed by atoms with van der Waals surface area (Å²) in [7, 11) is 4.38. The second kappa shape index (κ2) is 10.5. The van der Waals surface area contributed by atoms with Crippen LogP contribution in [0, 0.1) is 11.8 Å². The van der Waals surface area contributed by atoms with Crippen LogP contribution in [0.1, 0.15) is 30.0 Å². The van der Waals surface area contributed by atoms with Crippen LogP contribution in [-0.2, 0) is 27.3 Å². The second-order valence-corrected chi connectivity index (χ2v) is 10.6. The maximum absolute atomic E-state index is 13.9. The van der Waals surface area contributed by atoms with E-state index in [2.05, 4.69) is 0 Å². The molecule has 0 unspecified atom stereocenters. The lowest BCUT2D eigenvalue weighted by Gasteiger charge is -2.50. The molecule has 3 aliphatic rings. The summed E-state index contributed by atoms with van der Waals surface area (Å²) in [4.78, 5) is 42.0. The molecule has 13 heteroatoms. The van der Waals surface area contributed by atoms with Crippen molar-refractivity contribution in [3.63, 3.8) is 0 Å². The number of nitrogens with two attached hydrogens (primary N) is 1. The number of ether oxygens (including phenoxy) is 1. The summed E-state index contributed by atoms with van der Waals surface area (Å²) in [6.45, 7) is 1.51. The number of phenolic OH excluding ortho intramolecular Hbond substituents is 1. The van der Waals surface area contributed by atoms with Gasteiger partial charge in [-0.15, -0.1) is 0 Å². The van der Waals surface area contributed by atoms with Crippen LogP contribution in [0.2, 0.25) is 0 Å². The summed E-state index contributed by atoms with van der Waals surface area (Å²) in [6, 6.07) is 0.0593. The maximum Gasteiger partial charge on any atom is 0.255 e. The Morgan fingerprint density at radius 2 is 1.90 bits per heavy atom. The molecule has 6 N–H and O–H groups in total. The van der Waals surface area contributed by atoms with Gasteiger partial charge in [-0.2, -0.15) is 0 Å². The molecular weight excluding hydrogens is 532 g/mol. The summed E-state index contributed by atoms with van der Waals surface area (Å²) in [5, 5.41) is 44.8. The number of Topliss-reactive ketones (excluding diaryl/α,β-unsaturated/α-hetero) is 2. The van der Waals surface area contributed by atoms with Crippen molar-refractivity contribution in [3.8, 4) is 11.5 Å². The minimum atomic E-state index is -2.74. The molecule has 0 spiro atoms. The smallest absolute Gasteiger partial charge is 0.255 e. The third kappa shape index (κ3) is 4.32. The molecule has 40 heavy (non-hydrogen) atoms. The van der Waals surface area contributed by atoms with Gasteiger partial charge in [-0.3, -0.25) is 24.2 Å². The molecule has 0 bridgehead atoms. The summed E-state index contributed by atoms with van der Waals surface area (Å²) in [6.07, 6.45) is -2.63. The fourth-order valence-electron chi connectivity index (χ4n) is 6.47. The number of aliphatic hydroxyl groups excluding tert-OH is 2. The standard InChI is InChI=1S/C27H33F2N3O8/c1-5-32(10-16(28)29)9-12-8-15(33)18-13(23(12)40-4)6-11-7-14-20(31(2)3)22(35)19(26(30)38)25(37)27(14,39)24(36)17(11)21(18)34/h8,11,14,16,20,33-34,37,39H,5-7,9-10H2,1-4H3,(H2,30,38)/t11-,14-,20-,27-/m0/s1. The number of primary amides is 1. The molecule has 0 radical (unpaired) electrons. The largest absolute Gasteiger partial charge is 0.508 e. The average Bonchev–Trinajstić information content (AvgIpc) is 2.85. The van der Waals surface area contributed by atoms with E-state index >= 15 is 0 Å². The number of aromatic hydroxyl groups is 1. The summed E-state index contributed by atoms with van der Waals surface area (Å²) >= 11 is 0. The topological polar surface area (TPSA) is 174 Å². The molecule has 0 aromatic heterocycles. The molecule has 1 aromatic carbocycles. The molecule has 3 aliphatic carbocycles. The zero-order valence-corrected chi connectivity index (χ0v) is 22.6. The van der Waals surface area contributed by atoms with Crippen molar-refractivity contribution in [2.24, 2.45) is 17.6 Å². The Morgan fingerprint density at radius 3 is 2.42 bits per heavy atom. The minimum Gasteiger partial charge on any atom is -0.508 e. The van der Waals surface area contributed by atoms with Gasteiger partial charge in [-0.25, -0.2) is 8.78 Å². The van der Waals surface area contributed by atoms with E-state index in [1.807, 2.05) is 0 Å². The van der Waals surface area contributed by atoms with Gasteiger partial charge in [0.15, 0.2) is 11.4 Å². The highest BCUT2D eigenvalue weighted by molar-refractivity contribution is 6.24. The first-order valence-corrected chi connectivity index (χ1v) is 12.8. The SMILES string of the molecule is CCN(Cc1cc(O)c2c(c1OC)C[C@H]1C[C@H]3[C@H](N(C)C)C(=O)C(C(N)=O)=C(O)[C@@]3(O)C(=O)C1=C2O)CC(F)F. The molecule has 1 saturated carbocycles. The lowest BCUT2D eigenvalue weighted by atomic mass is 9.57. The van der Waals surface area contributed by atoms with Crippen molar-refractivity contribution in [3.05, 3.63) is 39.7 Å². The first-order chi connectivity index (χ1) is 18.7. The highest BCUT2D eigenvalue weighted by Gasteiger charge is 2.64. The third-order valence-corrected chi connectivity index (χ3v) is 8.19. The summed E-state index contributed by atoms with van der Waals surface area (Å²) in [5.74, 6) is -7.30. The molecule has 4 atom stereocenters. The van der Waals surface area contributed by atoms with Gasteiger partial charge in [0.05, 0.1) is 25.3 Å². The van der Waals surface area contributed by atoms with Gasteiger partial charge in [0, 0.05) is 29.2 Å². The quantitative estimate of drug-likeness (QED) is 0.287. The molecule has 0 heterocycles. The third-order valence-electron chi connectivity index (χ3n) is 8.19. The van der Waals surface area contributed by atoms with E-state index in [4.69, 9.17) is 10.5 Å². The number of aliphatic hydroxyl groups is 3. The molecule has 0 aliphatic heterocycles. The number of amides is 1. The number of hydrogen-bond acceptors (Lipinski definition) is 10. The van der Waals surface area contributed by atoms with Gasteiger partial charge >= 0.3 is 0 Å². The van der Waals surface area contributed by atoms with Crippen LogP contribution in [0.15, 0.2) is 23.0 Å². The Hall–Kier alpha value is -3.55. The van der Waals surface area contributed by atoms with Crippen LogP contribution in [0.25, 0.3) is 5.76 Å². The van der Waals surface area contributed by atoms with Crippen molar-refractivity contribution < 1.29 is 48.3 Å². The first kappa shape index (κ1) is 29.4. The number of carbonyl (C=O) groups excluding carboxylic acids is 3. The van der Waals surface area contributed by atoms with E-state index in [1.165, 1.54) is 37.1 Å². The van der Waals surface area contributed by atoms with E-state index in [1.54, 1.807) is 6.92 Å². The van der Waals surface area contributed by atoms with E-state index in [0.717, 1.165) is 0 Å². The number of fused-ring (bicyclic) bond motifs is 3. The van der Waals surface area contributed by atoms with E-state index in [0.29, 0.717) is 17.7 Å². The van der Waals surface area contributed by atoms with Gasteiger partial charge in [-0.1, -0.05) is 6.92 Å². The number of alkyl halides is 2. The van der Waals surface area contributed by atoms with Crippen molar-refractivity contribution >= 4 is 23.2 Å². The van der Waals surface area contributed by atoms with Crippen molar-refractivity contribution in [2.75, 3.05) is 34.3 Å². The number of ketones is 2. The fourth-order valence-corrected chi connectivity index (χ4v) is 6.47. The van der Waals surface area contributed by atoms with E-state index in [9.17, 15) is 43.6 Å². The molecule has 0 saturated heterocycles. The molecular formula is C27H33F2N3O8. The van der Waals surface area contributed by atoms with Crippen LogP contribution < -0.4 is 10.5 Å². The molecule has 218 valence electrons. The Morgan fingerprint density at radius 1 is 1.25 bits per heavy atom. The number of carbonyl (C=O) groups is 3. The second-order valence-electron chi connectivity index (χ2n) is 10.6. The number of rotatable bonds is 8. The number of nitrogens with zero attached hydrogens (tertiary/aromatic N) is 2. The van der Waals surface area contributed by atoms with Crippen LogP contribution in [0.3, 0.4) is 0 Å². The molecule has 11 nitrogen and oxygen atoms in total. The predicted molar refractivity (Wildman–Crippen MR) is 138 cm³/mol. The monoisotopic (exact) mass is 565 g/mol. The Balaban J connectivity index is 1.90. The lowest BCUT2D eigenvalue weighted by molar-refractivity contribution is -0.153. The maximum atomic E-state index is 13.9. The Labute approximate surface area is 229 Å². The Kier molecular flexibility index (Phi) is 7.69. The van der Waals surface area contributed by atoms with Crippen LogP contribution >= 0.6 is 0 Å². The van der Waals surface area contributed by atoms with Gasteiger partial charge in [0.1, 0.15) is 28.6 Å². The number of likely N-dealkylation sites (N-methyl/N-ethyl adjacent to an activating group) is 1. The first-order valence-electron chi connectivity index (χ1n) is 12.8. The summed E-state index contributed by atoms with van der Waals surface area (Å²) in [5.41, 5.74) is 2.00. The van der Waals surface area contributed by atoms with Gasteiger partial charge in [-0.05, 0) is 45.5 Å². The highest BCUT2D eigenvalue weighted by Crippen LogP contribution is 2.54. The number of benzene rings is 1. The van der Waals surface area contributed by atoms with Crippen molar-refractivity contribution in [1.82, 2.24) is 9.80 Å². The zero-order chi connectivity index (χ0) is 29.8. The Bertz CT molecular complexity index is 1340. The van der Waals surface area contributed by atoms with Gasteiger partial charge in [0.25, 0.3) is 12.3 Å². The summed E-state index contributed by atoms with van der Waals surface area (Å²) < 4.78 is 31.8. The number of methoxy groups -OCH3 is 1. The number of hydrogen-bond donors (Lipinski definition) is 5. The zero-order valence-electron chi connectivity index (χ0n) is 22.6. The van der Waals surface area contributed by atoms with Gasteiger partial charge in [0.2, 0.25) is 5.78 Å². The van der Waals surface area contributed by atoms with Crippen molar-refractivity contribution in [2.45, 2.75) is 44.4 Å². The predicted octanol–water partition coefficient (Wildman–Crippen LogP) is 1.06. The minimum absolute atomic E-state index is 0.0138. The van der Waals surface area contributed by atoms with Crippen molar-refractivity contribution in [1.29, 1.82) is 0 Å². The highest BCUT2D eigenvalue weighted by atomic mass is 19.3. The lowest BCUT2D eigenvalue weighted by Crippen LogP contribution is -2.65. The van der Waals surface area contributed by atoms with Crippen LogP contribution in [-0.4, -0.2) is 100 Å². The van der Waals surface area contributed by atoms with Gasteiger partial charge < -0.3 is 30.9 Å². The average molecular weight is 566 g/mol. The van der Waals surface area contributed by atoms with Crippen LogP contribution in [0.4, 0.5) is 8.78 Å². The molecule has 1 amide bonds. The van der Waals surface area contributed by atoms with E-state index in [-0.39, 0.29) is 36.3 Å². The molecule has 4 rings (SSSR count). The molecule has 1 fully saturated rings.